The Balaban J connectivity index is 1.62. The number of nitrogens with zero attached hydrogens (tertiary/aromatic N) is 1. The topological polar surface area (TPSA) is 60.5 Å². The van der Waals surface area contributed by atoms with E-state index in [-0.39, 0.29) is 16.7 Å². The molecule has 8 heteroatoms. The zero-order chi connectivity index (χ0) is 22.8. The molecule has 1 N–H and O–H groups in total. The molecule has 1 amide bonds. The number of aryl methyl sites for hydroxylation is 1. The average Bonchev–Trinajstić information content (AvgIpc) is 3.36. The van der Waals surface area contributed by atoms with Gasteiger partial charge in [0.15, 0.2) is 0 Å². The van der Waals surface area contributed by atoms with Crippen molar-refractivity contribution in [3.8, 4) is 0 Å². The second kappa shape index (κ2) is 7.10. The Labute approximate surface area is 181 Å². The summed E-state index contributed by atoms with van der Waals surface area (Å²) in [7, 11) is -0.693. The highest BCUT2D eigenvalue weighted by molar-refractivity contribution is 6.62. The Morgan fingerprint density at radius 3 is 2.23 bits per heavy atom. The molecule has 1 saturated heterocycles. The lowest BCUT2D eigenvalue weighted by Crippen LogP contribution is -2.41. The van der Waals surface area contributed by atoms with Gasteiger partial charge in [0.2, 0.25) is 5.95 Å². The van der Waals surface area contributed by atoms with Crippen LogP contribution in [0.25, 0.3) is 0 Å². The fourth-order valence-corrected chi connectivity index (χ4v) is 3.58. The molecule has 2 aliphatic rings. The van der Waals surface area contributed by atoms with Crippen LogP contribution in [0.1, 0.15) is 69.1 Å². The van der Waals surface area contributed by atoms with Gasteiger partial charge >= 0.3 is 7.12 Å². The zero-order valence-electron chi connectivity index (χ0n) is 18.7. The first-order valence-electron chi connectivity index (χ1n) is 10.5. The van der Waals surface area contributed by atoms with E-state index in [0.29, 0.717) is 16.7 Å². The number of amides is 1. The first-order valence-corrected chi connectivity index (χ1v) is 10.5. The minimum absolute atomic E-state index is 0.0169. The number of rotatable bonds is 4. The van der Waals surface area contributed by atoms with Gasteiger partial charge in [0.1, 0.15) is 5.82 Å². The number of aromatic nitrogens is 1. The molecule has 0 bridgehead atoms. The highest BCUT2D eigenvalue weighted by Crippen LogP contribution is 2.46. The number of nitrogens with one attached hydrogen (secondary N) is 1. The van der Waals surface area contributed by atoms with Crippen LogP contribution in [0.5, 0.6) is 0 Å². The van der Waals surface area contributed by atoms with Crippen molar-refractivity contribution >= 4 is 24.2 Å². The first-order chi connectivity index (χ1) is 14.3. The number of benzene rings is 1. The standard InChI is InChI=1S/C23H27BF2N2O3/c1-13-9-16(25)17(12-15(13)24-30-21(2,3)22(4,5)31-24)27-20(29)14-10-18(23(6)7-8-23)28-19(26)11-14/h9-12H,7-8H2,1-6H3,(H,27,29). The van der Waals surface area contributed by atoms with E-state index in [9.17, 15) is 13.6 Å². The summed E-state index contributed by atoms with van der Waals surface area (Å²) in [5.74, 6) is -1.91. The van der Waals surface area contributed by atoms with Gasteiger partial charge in [-0.1, -0.05) is 6.92 Å². The molecule has 0 atom stereocenters. The fourth-order valence-electron chi connectivity index (χ4n) is 3.58. The van der Waals surface area contributed by atoms with Crippen molar-refractivity contribution in [2.24, 2.45) is 0 Å². The van der Waals surface area contributed by atoms with Crippen LogP contribution < -0.4 is 10.8 Å². The summed E-state index contributed by atoms with van der Waals surface area (Å²) in [6.07, 6.45) is 1.79. The minimum Gasteiger partial charge on any atom is -0.399 e. The van der Waals surface area contributed by atoms with Crippen molar-refractivity contribution < 1.29 is 22.9 Å². The predicted octanol–water partition coefficient (Wildman–Crippen LogP) is 4.27. The third-order valence-corrected chi connectivity index (χ3v) is 6.79. The number of halogens is 2. The number of hydrogen-bond donors (Lipinski definition) is 1. The smallest absolute Gasteiger partial charge is 0.399 e. The Morgan fingerprint density at radius 2 is 1.65 bits per heavy atom. The minimum atomic E-state index is -0.724. The molecule has 2 aromatic rings. The number of carbonyl (C=O) groups excluding carboxylic acids is 1. The molecule has 31 heavy (non-hydrogen) atoms. The van der Waals surface area contributed by atoms with Gasteiger partial charge in [-0.05, 0) is 76.7 Å². The lowest BCUT2D eigenvalue weighted by atomic mass is 9.76. The van der Waals surface area contributed by atoms with Crippen LogP contribution in [-0.4, -0.2) is 29.2 Å². The number of pyridine rings is 1. The quantitative estimate of drug-likeness (QED) is 0.584. The second-order valence-electron chi connectivity index (χ2n) is 9.86. The van der Waals surface area contributed by atoms with Crippen LogP contribution >= 0.6 is 0 Å². The van der Waals surface area contributed by atoms with Crippen molar-refractivity contribution in [3.63, 3.8) is 0 Å². The lowest BCUT2D eigenvalue weighted by Gasteiger charge is -2.32. The molecule has 0 unspecified atom stereocenters. The number of carbonyl (C=O) groups is 1. The fraction of sp³-hybridized carbons (Fsp3) is 0.478. The molecule has 4 rings (SSSR count). The van der Waals surface area contributed by atoms with Crippen LogP contribution in [0.4, 0.5) is 14.5 Å². The largest absolute Gasteiger partial charge is 0.495 e. The molecule has 164 valence electrons. The maximum absolute atomic E-state index is 14.7. The summed E-state index contributed by atoms with van der Waals surface area (Å²) in [6, 6.07) is 5.49. The first kappa shape index (κ1) is 21.9. The van der Waals surface area contributed by atoms with Gasteiger partial charge in [-0.25, -0.2) is 9.37 Å². The van der Waals surface area contributed by atoms with Crippen LogP contribution in [0.3, 0.4) is 0 Å². The molecule has 2 fully saturated rings. The zero-order valence-corrected chi connectivity index (χ0v) is 18.7. The molecule has 1 aromatic carbocycles. The van der Waals surface area contributed by atoms with Gasteiger partial charge in [0, 0.05) is 17.0 Å². The SMILES string of the molecule is Cc1cc(F)c(NC(=O)c2cc(F)nc(C3(C)CC3)c2)cc1B1OC(C)(C)C(C)(C)O1. The van der Waals surface area contributed by atoms with Crippen molar-refractivity contribution in [2.75, 3.05) is 5.32 Å². The van der Waals surface area contributed by atoms with Crippen LogP contribution in [-0.2, 0) is 14.7 Å². The van der Waals surface area contributed by atoms with Crippen LogP contribution in [0.15, 0.2) is 24.3 Å². The molecule has 0 spiro atoms. The number of anilines is 1. The molecule has 1 saturated carbocycles. The van der Waals surface area contributed by atoms with Gasteiger partial charge in [-0.15, -0.1) is 0 Å². The van der Waals surface area contributed by atoms with E-state index in [2.05, 4.69) is 10.3 Å². The summed E-state index contributed by atoms with van der Waals surface area (Å²) in [6.45, 7) is 11.5. The van der Waals surface area contributed by atoms with Crippen LogP contribution in [0, 0.1) is 18.7 Å². The molecule has 2 heterocycles. The molecule has 5 nitrogen and oxygen atoms in total. The number of hydrogen-bond acceptors (Lipinski definition) is 4. The normalized spacial score (nSPS) is 20.6. The van der Waals surface area contributed by atoms with E-state index in [1.54, 1.807) is 13.0 Å². The van der Waals surface area contributed by atoms with E-state index in [1.807, 2.05) is 34.6 Å². The van der Waals surface area contributed by atoms with Crippen molar-refractivity contribution in [2.45, 2.75) is 71.0 Å². The van der Waals surface area contributed by atoms with E-state index in [4.69, 9.17) is 9.31 Å². The summed E-state index contributed by atoms with van der Waals surface area (Å²) < 4.78 is 40.9. The van der Waals surface area contributed by atoms with Crippen LogP contribution in [0.2, 0.25) is 0 Å². The third kappa shape index (κ3) is 3.99. The maximum atomic E-state index is 14.7. The molecule has 1 aromatic heterocycles. The van der Waals surface area contributed by atoms with E-state index < -0.39 is 36.0 Å². The third-order valence-electron chi connectivity index (χ3n) is 6.79. The second-order valence-corrected chi connectivity index (χ2v) is 9.86. The molecule has 1 aliphatic carbocycles. The van der Waals surface area contributed by atoms with Crippen molar-refractivity contribution in [1.29, 1.82) is 0 Å². The average molecular weight is 428 g/mol. The van der Waals surface area contributed by atoms with Gasteiger partial charge in [-0.3, -0.25) is 4.79 Å². The Hall–Kier alpha value is -2.32. The van der Waals surface area contributed by atoms with E-state index in [0.717, 1.165) is 18.9 Å². The lowest BCUT2D eigenvalue weighted by molar-refractivity contribution is 0.00578. The molecular formula is C23H27BF2N2O3. The highest BCUT2D eigenvalue weighted by Gasteiger charge is 2.52. The van der Waals surface area contributed by atoms with Gasteiger partial charge in [0.25, 0.3) is 5.91 Å². The Kier molecular flexibility index (Phi) is 5.02. The van der Waals surface area contributed by atoms with E-state index >= 15 is 0 Å². The maximum Gasteiger partial charge on any atom is 0.495 e. The predicted molar refractivity (Wildman–Crippen MR) is 116 cm³/mol. The van der Waals surface area contributed by atoms with Gasteiger partial charge in [-0.2, -0.15) is 4.39 Å². The molecular weight excluding hydrogens is 401 g/mol. The highest BCUT2D eigenvalue weighted by atomic mass is 19.1. The summed E-state index contributed by atoms with van der Waals surface area (Å²) in [5, 5.41) is 2.57. The summed E-state index contributed by atoms with van der Waals surface area (Å²) in [5.41, 5.74) is 0.605. The van der Waals surface area contributed by atoms with E-state index in [1.165, 1.54) is 12.1 Å². The van der Waals surface area contributed by atoms with Gasteiger partial charge < -0.3 is 14.6 Å². The monoisotopic (exact) mass is 428 g/mol. The summed E-state index contributed by atoms with van der Waals surface area (Å²) >= 11 is 0. The molecule has 0 radical (unpaired) electrons. The summed E-state index contributed by atoms with van der Waals surface area (Å²) in [4.78, 5) is 16.7. The Morgan fingerprint density at radius 1 is 1.03 bits per heavy atom. The van der Waals surface area contributed by atoms with Crippen molar-refractivity contribution in [3.05, 3.63) is 52.9 Å². The van der Waals surface area contributed by atoms with Gasteiger partial charge in [0.05, 0.1) is 22.6 Å². The van der Waals surface area contributed by atoms with Crippen molar-refractivity contribution in [1.82, 2.24) is 4.98 Å². The Bertz CT molecular complexity index is 1050. The molecule has 1 aliphatic heterocycles.